The summed E-state index contributed by atoms with van der Waals surface area (Å²) in [4.78, 5) is 24.9. The summed E-state index contributed by atoms with van der Waals surface area (Å²) in [5.41, 5.74) is 0.00463. The lowest BCUT2D eigenvalue weighted by atomic mass is 10.4. The van der Waals surface area contributed by atoms with Gasteiger partial charge in [0.25, 0.3) is 5.56 Å². The highest BCUT2D eigenvalue weighted by atomic mass is 16.1. The molecule has 0 atom stereocenters. The van der Waals surface area contributed by atoms with Crippen LogP contribution >= 0.6 is 0 Å². The largest absolute Gasteiger partial charge is 0.326 e. The molecule has 2 aliphatic heterocycles. The van der Waals surface area contributed by atoms with Crippen LogP contribution in [0.3, 0.4) is 0 Å². The second-order valence-electron chi connectivity index (χ2n) is 1.96. The number of aromatic nitrogens is 4. The van der Waals surface area contributed by atoms with Gasteiger partial charge in [-0.3, -0.25) is 4.79 Å². The molecule has 0 saturated heterocycles. The van der Waals surface area contributed by atoms with Crippen LogP contribution in [0.4, 0.5) is 0 Å². The van der Waals surface area contributed by atoms with Crippen LogP contribution in [0.1, 0.15) is 0 Å². The number of hydrogen-bond donors (Lipinski definition) is 1. The van der Waals surface area contributed by atoms with E-state index in [0.29, 0.717) is 5.82 Å². The van der Waals surface area contributed by atoms with Crippen molar-refractivity contribution >= 4 is 0 Å². The lowest BCUT2D eigenvalue weighted by molar-refractivity contribution is 1.23. The van der Waals surface area contributed by atoms with E-state index in [2.05, 4.69) is 19.9 Å². The fourth-order valence-corrected chi connectivity index (χ4v) is 0.804. The molecule has 0 aromatic heterocycles. The molecule has 0 radical (unpaired) electrons. The molecule has 54 valence electrons. The normalized spacial score (nSPS) is 10.2. The van der Waals surface area contributed by atoms with E-state index in [1.165, 1.54) is 18.7 Å². The monoisotopic (exact) mass is 148 g/mol. The number of rotatable bonds is 0. The highest BCUT2D eigenvalue weighted by Gasteiger charge is 2.07. The lowest BCUT2D eigenvalue weighted by Gasteiger charge is -1.79. The SMILES string of the molecule is O=c1[nH]ccnc2ncnc1-2. The van der Waals surface area contributed by atoms with Crippen LogP contribution in [0.5, 0.6) is 0 Å². The molecule has 2 heterocycles. The molecule has 5 nitrogen and oxygen atoms in total. The van der Waals surface area contributed by atoms with Gasteiger partial charge in [-0.25, -0.2) is 15.0 Å². The van der Waals surface area contributed by atoms with Gasteiger partial charge in [0.15, 0.2) is 11.5 Å². The van der Waals surface area contributed by atoms with Gasteiger partial charge in [-0.1, -0.05) is 0 Å². The molecule has 0 fully saturated rings. The van der Waals surface area contributed by atoms with Crippen molar-refractivity contribution in [2.45, 2.75) is 0 Å². The standard InChI is InChI=1S/C6H4N4O/c11-6-4-5(10-3-9-4)7-1-2-8-6/h1-3H,(H,8,11). The van der Waals surface area contributed by atoms with Crippen LogP contribution in [0.2, 0.25) is 0 Å². The number of aromatic amines is 1. The van der Waals surface area contributed by atoms with Crippen molar-refractivity contribution in [2.75, 3.05) is 0 Å². The first-order chi connectivity index (χ1) is 5.38. The summed E-state index contributed by atoms with van der Waals surface area (Å²) in [6, 6.07) is 0. The predicted molar refractivity (Wildman–Crippen MR) is 37.1 cm³/mol. The second kappa shape index (κ2) is 2.12. The molecule has 11 heavy (non-hydrogen) atoms. The average Bonchev–Trinajstić information content (AvgIpc) is 2.40. The topological polar surface area (TPSA) is 71.5 Å². The lowest BCUT2D eigenvalue weighted by Crippen LogP contribution is -2.04. The van der Waals surface area contributed by atoms with Gasteiger partial charge in [0.05, 0.1) is 0 Å². The highest BCUT2D eigenvalue weighted by molar-refractivity contribution is 5.46. The van der Waals surface area contributed by atoms with E-state index in [0.717, 1.165) is 0 Å². The Morgan fingerprint density at radius 1 is 1.27 bits per heavy atom. The van der Waals surface area contributed by atoms with E-state index >= 15 is 0 Å². The van der Waals surface area contributed by atoms with Crippen molar-refractivity contribution in [3.63, 3.8) is 0 Å². The summed E-state index contributed by atoms with van der Waals surface area (Å²) in [7, 11) is 0. The minimum absolute atomic E-state index is 0.269. The van der Waals surface area contributed by atoms with Crippen molar-refractivity contribution < 1.29 is 0 Å². The van der Waals surface area contributed by atoms with Crippen molar-refractivity contribution in [1.82, 2.24) is 19.9 Å². The maximum atomic E-state index is 11.0. The Bertz CT molecular complexity index is 396. The smallest absolute Gasteiger partial charge is 0.277 e. The van der Waals surface area contributed by atoms with E-state index in [9.17, 15) is 4.79 Å². The van der Waals surface area contributed by atoms with Gasteiger partial charge >= 0.3 is 0 Å². The average molecular weight is 148 g/mol. The molecule has 0 amide bonds. The zero-order chi connectivity index (χ0) is 7.68. The van der Waals surface area contributed by atoms with Gasteiger partial charge in [0, 0.05) is 12.4 Å². The summed E-state index contributed by atoms with van der Waals surface area (Å²) in [5, 5.41) is 0. The van der Waals surface area contributed by atoms with Crippen molar-refractivity contribution in [1.29, 1.82) is 0 Å². The zero-order valence-corrected chi connectivity index (χ0v) is 5.48. The molecule has 0 spiro atoms. The van der Waals surface area contributed by atoms with E-state index in [1.807, 2.05) is 0 Å². The molecule has 0 unspecified atom stereocenters. The number of imidazole rings is 1. The van der Waals surface area contributed by atoms with E-state index < -0.39 is 0 Å². The number of H-pyrrole nitrogens is 1. The summed E-state index contributed by atoms with van der Waals surface area (Å²) < 4.78 is 0. The quantitative estimate of drug-likeness (QED) is 0.555. The van der Waals surface area contributed by atoms with Gasteiger partial charge < -0.3 is 4.98 Å². The summed E-state index contributed by atoms with van der Waals surface area (Å²) in [6.07, 6.45) is 4.23. The number of fused-ring (bicyclic) bond motifs is 1. The molecule has 5 heteroatoms. The van der Waals surface area contributed by atoms with Crippen LogP contribution in [0.25, 0.3) is 11.5 Å². The second-order valence-corrected chi connectivity index (χ2v) is 1.96. The third-order valence-electron chi connectivity index (χ3n) is 1.28. The first-order valence-electron chi connectivity index (χ1n) is 3.02. The predicted octanol–water partition coefficient (Wildman–Crippen LogP) is -0.335. The van der Waals surface area contributed by atoms with E-state index in [-0.39, 0.29) is 11.3 Å². The molecule has 1 N–H and O–H groups in total. The van der Waals surface area contributed by atoms with Crippen LogP contribution in [-0.2, 0) is 0 Å². The molecule has 0 aliphatic carbocycles. The molecule has 0 aromatic carbocycles. The molecule has 0 bridgehead atoms. The third-order valence-corrected chi connectivity index (χ3v) is 1.28. The van der Waals surface area contributed by atoms with Crippen molar-refractivity contribution in [3.8, 4) is 11.5 Å². The van der Waals surface area contributed by atoms with Crippen molar-refractivity contribution in [3.05, 3.63) is 29.1 Å². The van der Waals surface area contributed by atoms with Crippen LogP contribution < -0.4 is 5.56 Å². The van der Waals surface area contributed by atoms with Crippen LogP contribution in [0, 0.1) is 0 Å². The van der Waals surface area contributed by atoms with Gasteiger partial charge in [0.2, 0.25) is 0 Å². The molecular weight excluding hydrogens is 144 g/mol. The summed E-state index contributed by atoms with van der Waals surface area (Å²) in [6.45, 7) is 0. The first-order valence-corrected chi connectivity index (χ1v) is 3.02. The minimum atomic E-state index is -0.269. The highest BCUT2D eigenvalue weighted by Crippen LogP contribution is 2.03. The maximum Gasteiger partial charge on any atom is 0.277 e. The molecule has 2 rings (SSSR count). The molecule has 0 saturated carbocycles. The zero-order valence-electron chi connectivity index (χ0n) is 5.48. The number of hydrogen-bond acceptors (Lipinski definition) is 4. The third kappa shape index (κ3) is 0.861. The van der Waals surface area contributed by atoms with Gasteiger partial charge in [0.1, 0.15) is 6.33 Å². The molecular formula is C6H4N4O. The van der Waals surface area contributed by atoms with E-state index in [1.54, 1.807) is 0 Å². The van der Waals surface area contributed by atoms with Crippen LogP contribution in [-0.4, -0.2) is 19.9 Å². The number of nitrogens with zero attached hydrogens (tertiary/aromatic N) is 3. The Balaban J connectivity index is 2.89. The Morgan fingerprint density at radius 2 is 2.18 bits per heavy atom. The minimum Gasteiger partial charge on any atom is -0.326 e. The van der Waals surface area contributed by atoms with Crippen molar-refractivity contribution in [2.24, 2.45) is 0 Å². The Morgan fingerprint density at radius 3 is 3.09 bits per heavy atom. The molecule has 0 aromatic rings. The van der Waals surface area contributed by atoms with Gasteiger partial charge in [-0.15, -0.1) is 0 Å². The molecule has 2 aliphatic rings. The van der Waals surface area contributed by atoms with E-state index in [4.69, 9.17) is 0 Å². The Hall–Kier alpha value is -1.78. The Labute approximate surface area is 61.5 Å². The number of nitrogens with one attached hydrogen (secondary N) is 1. The fourth-order valence-electron chi connectivity index (χ4n) is 0.804. The fraction of sp³-hybridized carbons (Fsp3) is 0. The maximum absolute atomic E-state index is 11.0. The summed E-state index contributed by atoms with van der Waals surface area (Å²) in [5.74, 6) is 0.372. The van der Waals surface area contributed by atoms with Crippen LogP contribution in [0.15, 0.2) is 23.5 Å². The first kappa shape index (κ1) is 5.96. The Kier molecular flexibility index (Phi) is 1.15. The van der Waals surface area contributed by atoms with Gasteiger partial charge in [-0.05, 0) is 0 Å². The summed E-state index contributed by atoms with van der Waals surface area (Å²) >= 11 is 0. The van der Waals surface area contributed by atoms with Gasteiger partial charge in [-0.2, -0.15) is 0 Å².